The van der Waals surface area contributed by atoms with E-state index in [4.69, 9.17) is 4.42 Å². The van der Waals surface area contributed by atoms with E-state index >= 15 is 0 Å². The van der Waals surface area contributed by atoms with Crippen LogP contribution in [0.25, 0.3) is 0 Å². The number of nitrogens with one attached hydrogen (secondary N) is 1. The summed E-state index contributed by atoms with van der Waals surface area (Å²) in [6.45, 7) is 6.94. The molecule has 0 aliphatic rings. The molecule has 0 spiro atoms. The Balaban J connectivity index is 2.27. The zero-order valence-corrected chi connectivity index (χ0v) is 12.2. The molecule has 0 aromatic carbocycles. The molecule has 1 heterocycles. The molecule has 0 radical (unpaired) electrons. The van der Waals surface area contributed by atoms with Gasteiger partial charge in [-0.2, -0.15) is 0 Å². The van der Waals surface area contributed by atoms with Crippen molar-refractivity contribution in [2.75, 3.05) is 27.2 Å². The number of hydrogen-bond donors (Lipinski definition) is 1. The maximum atomic E-state index is 11.4. The number of carbonyl (C=O) groups excluding carboxylic acids is 1. The van der Waals surface area contributed by atoms with Gasteiger partial charge < -0.3 is 19.4 Å². The van der Waals surface area contributed by atoms with E-state index in [0.717, 1.165) is 25.1 Å². The Bertz CT molecular complexity index is 388. The monoisotopic (exact) mass is 268 g/mol. The number of carbonyl (C=O) groups is 1. The summed E-state index contributed by atoms with van der Waals surface area (Å²) in [5.74, 6) is -0.143. The fourth-order valence-corrected chi connectivity index (χ4v) is 1.68. The van der Waals surface area contributed by atoms with E-state index in [2.05, 4.69) is 35.8 Å². The van der Waals surface area contributed by atoms with Crippen molar-refractivity contribution < 1.29 is 13.9 Å². The van der Waals surface area contributed by atoms with E-state index in [-0.39, 0.29) is 5.76 Å². The number of ether oxygens (including phenoxy) is 1. The van der Waals surface area contributed by atoms with Crippen LogP contribution in [0.3, 0.4) is 0 Å². The number of nitrogens with zero attached hydrogens (tertiary/aromatic N) is 1. The highest BCUT2D eigenvalue weighted by molar-refractivity contribution is 5.87. The summed E-state index contributed by atoms with van der Waals surface area (Å²) in [7, 11) is 3.47. The molecule has 0 saturated carbocycles. The van der Waals surface area contributed by atoms with Crippen LogP contribution in [0.5, 0.6) is 0 Å². The minimum Gasteiger partial charge on any atom is -0.463 e. The number of esters is 1. The first-order valence-electron chi connectivity index (χ1n) is 6.62. The zero-order chi connectivity index (χ0) is 14.3. The Hall–Kier alpha value is -1.33. The van der Waals surface area contributed by atoms with Gasteiger partial charge in [0.2, 0.25) is 5.76 Å². The fraction of sp³-hybridized carbons (Fsp3) is 0.643. The average molecular weight is 268 g/mol. The van der Waals surface area contributed by atoms with Crippen LogP contribution in [-0.4, -0.2) is 44.2 Å². The summed E-state index contributed by atoms with van der Waals surface area (Å²) in [6.07, 6.45) is 2.58. The predicted molar refractivity (Wildman–Crippen MR) is 74.1 cm³/mol. The molecule has 0 unspecified atom stereocenters. The van der Waals surface area contributed by atoms with Gasteiger partial charge in [-0.25, -0.2) is 4.79 Å². The highest BCUT2D eigenvalue weighted by Crippen LogP contribution is 2.11. The molecule has 5 heteroatoms. The molecule has 5 nitrogen and oxygen atoms in total. The molecule has 0 fully saturated rings. The summed E-state index contributed by atoms with van der Waals surface area (Å²) in [5.41, 5.74) is 0.837. The fourth-order valence-electron chi connectivity index (χ4n) is 1.68. The molecule has 108 valence electrons. The standard InChI is InChI=1S/C14H24N2O3/c1-11(2)16(3)8-5-7-15-10-12-6-9-19-13(12)14(17)18-4/h6,9,11,15H,5,7-8,10H2,1-4H3. The van der Waals surface area contributed by atoms with E-state index in [1.165, 1.54) is 13.4 Å². The Kier molecular flexibility index (Phi) is 6.59. The second-order valence-electron chi connectivity index (χ2n) is 4.87. The van der Waals surface area contributed by atoms with E-state index in [0.29, 0.717) is 12.6 Å². The van der Waals surface area contributed by atoms with Crippen molar-refractivity contribution in [3.63, 3.8) is 0 Å². The lowest BCUT2D eigenvalue weighted by molar-refractivity contribution is 0.0563. The Labute approximate surface area is 114 Å². The number of rotatable bonds is 8. The van der Waals surface area contributed by atoms with Gasteiger partial charge in [0, 0.05) is 18.2 Å². The van der Waals surface area contributed by atoms with Gasteiger partial charge in [0.25, 0.3) is 0 Å². The van der Waals surface area contributed by atoms with Gasteiger partial charge in [-0.15, -0.1) is 0 Å². The van der Waals surface area contributed by atoms with Crippen LogP contribution in [0.1, 0.15) is 36.4 Å². The Morgan fingerprint density at radius 3 is 2.89 bits per heavy atom. The molecule has 0 bridgehead atoms. The van der Waals surface area contributed by atoms with Crippen LogP contribution < -0.4 is 5.32 Å². The molecule has 19 heavy (non-hydrogen) atoms. The minimum absolute atomic E-state index is 0.286. The summed E-state index contributed by atoms with van der Waals surface area (Å²) >= 11 is 0. The van der Waals surface area contributed by atoms with Crippen LogP contribution in [0.15, 0.2) is 16.7 Å². The van der Waals surface area contributed by atoms with Crippen LogP contribution >= 0.6 is 0 Å². The molecule has 1 aromatic heterocycles. The summed E-state index contributed by atoms with van der Waals surface area (Å²) in [4.78, 5) is 13.7. The average Bonchev–Trinajstić information content (AvgIpc) is 2.85. The third-order valence-electron chi connectivity index (χ3n) is 3.18. The SMILES string of the molecule is COC(=O)c1occc1CNCCCN(C)C(C)C. The second-order valence-corrected chi connectivity index (χ2v) is 4.87. The molecule has 1 rings (SSSR count). The van der Waals surface area contributed by atoms with Crippen molar-refractivity contribution >= 4 is 5.97 Å². The first kappa shape index (κ1) is 15.7. The quantitative estimate of drug-likeness (QED) is 0.576. The molecular weight excluding hydrogens is 244 g/mol. The highest BCUT2D eigenvalue weighted by Gasteiger charge is 2.14. The summed E-state index contributed by atoms with van der Waals surface area (Å²) in [5, 5.41) is 3.31. The highest BCUT2D eigenvalue weighted by atomic mass is 16.5. The van der Waals surface area contributed by atoms with Crippen LogP contribution in [0.4, 0.5) is 0 Å². The molecule has 0 saturated heterocycles. The van der Waals surface area contributed by atoms with Crippen molar-refractivity contribution in [3.8, 4) is 0 Å². The molecule has 0 atom stereocenters. The van der Waals surface area contributed by atoms with Gasteiger partial charge in [-0.1, -0.05) is 0 Å². The van der Waals surface area contributed by atoms with Crippen molar-refractivity contribution in [3.05, 3.63) is 23.7 Å². The van der Waals surface area contributed by atoms with Crippen molar-refractivity contribution in [1.29, 1.82) is 0 Å². The molecule has 1 aromatic rings. The topological polar surface area (TPSA) is 54.7 Å². The first-order valence-corrected chi connectivity index (χ1v) is 6.62. The lowest BCUT2D eigenvalue weighted by Gasteiger charge is -2.20. The van der Waals surface area contributed by atoms with E-state index in [9.17, 15) is 4.79 Å². The van der Waals surface area contributed by atoms with Crippen LogP contribution in [0, 0.1) is 0 Å². The summed E-state index contributed by atoms with van der Waals surface area (Å²) in [6, 6.07) is 2.36. The smallest absolute Gasteiger partial charge is 0.374 e. The Morgan fingerprint density at radius 2 is 2.26 bits per heavy atom. The van der Waals surface area contributed by atoms with E-state index in [1.54, 1.807) is 6.07 Å². The molecule has 0 aliphatic carbocycles. The minimum atomic E-state index is -0.429. The maximum Gasteiger partial charge on any atom is 0.374 e. The number of furan rings is 1. The van der Waals surface area contributed by atoms with Gasteiger partial charge in [0.05, 0.1) is 13.4 Å². The first-order chi connectivity index (χ1) is 9.06. The van der Waals surface area contributed by atoms with Crippen molar-refractivity contribution in [2.24, 2.45) is 0 Å². The third-order valence-corrected chi connectivity index (χ3v) is 3.18. The van der Waals surface area contributed by atoms with Crippen molar-refractivity contribution in [2.45, 2.75) is 32.9 Å². The van der Waals surface area contributed by atoms with E-state index in [1.807, 2.05) is 0 Å². The third kappa shape index (κ3) is 5.04. The van der Waals surface area contributed by atoms with Gasteiger partial charge in [0.15, 0.2) is 0 Å². The number of hydrogen-bond acceptors (Lipinski definition) is 5. The van der Waals surface area contributed by atoms with Crippen molar-refractivity contribution in [1.82, 2.24) is 10.2 Å². The normalized spacial score (nSPS) is 11.3. The lowest BCUT2D eigenvalue weighted by Crippen LogP contribution is -2.29. The van der Waals surface area contributed by atoms with Gasteiger partial charge in [-0.05, 0) is 46.5 Å². The maximum absolute atomic E-state index is 11.4. The predicted octanol–water partition coefficient (Wildman–Crippen LogP) is 1.89. The van der Waals surface area contributed by atoms with Crippen LogP contribution in [-0.2, 0) is 11.3 Å². The molecule has 0 amide bonds. The zero-order valence-electron chi connectivity index (χ0n) is 12.2. The van der Waals surface area contributed by atoms with Gasteiger partial charge >= 0.3 is 5.97 Å². The second kappa shape index (κ2) is 7.96. The largest absolute Gasteiger partial charge is 0.463 e. The van der Waals surface area contributed by atoms with Gasteiger partial charge in [0.1, 0.15) is 0 Å². The lowest BCUT2D eigenvalue weighted by atomic mass is 10.2. The molecule has 0 aliphatic heterocycles. The molecule has 1 N–H and O–H groups in total. The van der Waals surface area contributed by atoms with Gasteiger partial charge in [-0.3, -0.25) is 0 Å². The van der Waals surface area contributed by atoms with E-state index < -0.39 is 5.97 Å². The Morgan fingerprint density at radius 1 is 1.53 bits per heavy atom. The van der Waals surface area contributed by atoms with Crippen LogP contribution in [0.2, 0.25) is 0 Å². The summed E-state index contributed by atoms with van der Waals surface area (Å²) < 4.78 is 9.77. The number of methoxy groups -OCH3 is 1. The molecular formula is C14H24N2O3.